The molecule has 0 unspecified atom stereocenters. The Balaban J connectivity index is 1.75. The first kappa shape index (κ1) is 12.8. The van der Waals surface area contributed by atoms with Gasteiger partial charge in [0.05, 0.1) is 0 Å². The van der Waals surface area contributed by atoms with Gasteiger partial charge in [0, 0.05) is 21.5 Å². The Bertz CT molecular complexity index is 619. The summed E-state index contributed by atoms with van der Waals surface area (Å²) in [6.07, 6.45) is 2.32. The summed E-state index contributed by atoms with van der Waals surface area (Å²) in [5.74, 6) is 0.242. The molecular formula is C12H9Cl2N3OS. The largest absolute Gasteiger partial charge is 0.296 e. The molecule has 7 heteroatoms. The van der Waals surface area contributed by atoms with E-state index in [1.54, 1.807) is 18.2 Å². The molecule has 0 bridgehead atoms. The first-order valence-corrected chi connectivity index (χ1v) is 7.30. The van der Waals surface area contributed by atoms with Gasteiger partial charge < -0.3 is 0 Å². The Kier molecular flexibility index (Phi) is 3.43. The quantitative estimate of drug-likeness (QED) is 0.932. The molecule has 1 amide bonds. The summed E-state index contributed by atoms with van der Waals surface area (Å²) < 4.78 is 0. The highest BCUT2D eigenvalue weighted by Crippen LogP contribution is 2.42. The van der Waals surface area contributed by atoms with Crippen LogP contribution in [0.3, 0.4) is 0 Å². The summed E-state index contributed by atoms with van der Waals surface area (Å²) in [7, 11) is 0. The third-order valence-corrected chi connectivity index (χ3v) is 4.15. The summed E-state index contributed by atoms with van der Waals surface area (Å²) >= 11 is 13.1. The zero-order valence-corrected chi connectivity index (χ0v) is 12.0. The molecule has 0 radical (unpaired) electrons. The van der Waals surface area contributed by atoms with Gasteiger partial charge in [0.25, 0.3) is 5.91 Å². The highest BCUT2D eigenvalue weighted by atomic mass is 35.5. The van der Waals surface area contributed by atoms with Gasteiger partial charge in [-0.05, 0) is 31.0 Å². The lowest BCUT2D eigenvalue weighted by atomic mass is 10.2. The van der Waals surface area contributed by atoms with Crippen molar-refractivity contribution in [3.63, 3.8) is 0 Å². The van der Waals surface area contributed by atoms with E-state index >= 15 is 0 Å². The topological polar surface area (TPSA) is 54.9 Å². The minimum atomic E-state index is -0.289. The number of carbonyl (C=O) groups is 1. The van der Waals surface area contributed by atoms with Gasteiger partial charge in [0.2, 0.25) is 5.13 Å². The number of nitrogens with one attached hydrogen (secondary N) is 1. The number of hydrogen-bond donors (Lipinski definition) is 1. The van der Waals surface area contributed by atoms with Crippen LogP contribution in [0, 0.1) is 0 Å². The van der Waals surface area contributed by atoms with Crippen molar-refractivity contribution in [2.45, 2.75) is 18.8 Å². The molecule has 4 nitrogen and oxygen atoms in total. The average Bonchev–Trinajstić information content (AvgIpc) is 3.09. The van der Waals surface area contributed by atoms with E-state index in [1.807, 2.05) is 0 Å². The Morgan fingerprint density at radius 2 is 1.89 bits per heavy atom. The van der Waals surface area contributed by atoms with Gasteiger partial charge in [-0.25, -0.2) is 0 Å². The first-order valence-electron chi connectivity index (χ1n) is 5.72. The van der Waals surface area contributed by atoms with Crippen molar-refractivity contribution in [2.75, 3.05) is 5.32 Å². The Morgan fingerprint density at radius 3 is 2.53 bits per heavy atom. The van der Waals surface area contributed by atoms with Crippen molar-refractivity contribution in [1.82, 2.24) is 10.2 Å². The Morgan fingerprint density at radius 1 is 1.21 bits per heavy atom. The SMILES string of the molecule is O=C(Nc1nnc(C2CC2)s1)c1cc(Cl)cc(Cl)c1. The molecule has 1 heterocycles. The molecule has 3 rings (SSSR count). The van der Waals surface area contributed by atoms with E-state index in [0.29, 0.717) is 26.7 Å². The van der Waals surface area contributed by atoms with E-state index in [4.69, 9.17) is 23.2 Å². The van der Waals surface area contributed by atoms with E-state index in [-0.39, 0.29) is 5.91 Å². The second-order valence-corrected chi connectivity index (χ2v) is 6.21. The summed E-state index contributed by atoms with van der Waals surface area (Å²) in [5.41, 5.74) is 0.403. The monoisotopic (exact) mass is 313 g/mol. The van der Waals surface area contributed by atoms with E-state index in [1.165, 1.54) is 11.3 Å². The first-order chi connectivity index (χ1) is 9.11. The minimum Gasteiger partial charge on any atom is -0.296 e. The van der Waals surface area contributed by atoms with E-state index < -0.39 is 0 Å². The van der Waals surface area contributed by atoms with E-state index in [0.717, 1.165) is 17.8 Å². The molecule has 0 saturated heterocycles. The molecule has 1 N–H and O–H groups in total. The van der Waals surface area contributed by atoms with Crippen LogP contribution in [0.2, 0.25) is 10.0 Å². The molecule has 1 aromatic carbocycles. The smallest absolute Gasteiger partial charge is 0.257 e. The molecule has 2 aromatic rings. The standard InChI is InChI=1S/C12H9Cl2N3OS/c13-8-3-7(4-9(14)5-8)10(18)15-12-17-16-11(19-12)6-1-2-6/h3-6H,1-2H2,(H,15,17,18). The molecule has 0 aliphatic heterocycles. The van der Waals surface area contributed by atoms with Crippen LogP contribution < -0.4 is 5.32 Å². The number of hydrogen-bond acceptors (Lipinski definition) is 4. The lowest BCUT2D eigenvalue weighted by Gasteiger charge is -2.02. The molecule has 1 aliphatic carbocycles. The molecule has 1 fully saturated rings. The fourth-order valence-electron chi connectivity index (χ4n) is 1.63. The number of halogens is 2. The van der Waals surface area contributed by atoms with Gasteiger partial charge in [0.1, 0.15) is 5.01 Å². The summed E-state index contributed by atoms with van der Waals surface area (Å²) in [6, 6.07) is 4.70. The molecule has 1 saturated carbocycles. The summed E-state index contributed by atoms with van der Waals surface area (Å²) in [5, 5.41) is 13.1. The van der Waals surface area contributed by atoms with Gasteiger partial charge in [-0.1, -0.05) is 34.5 Å². The van der Waals surface area contributed by atoms with Crippen LogP contribution in [0.15, 0.2) is 18.2 Å². The lowest BCUT2D eigenvalue weighted by molar-refractivity contribution is 0.102. The van der Waals surface area contributed by atoms with Crippen molar-refractivity contribution in [3.8, 4) is 0 Å². The van der Waals surface area contributed by atoms with E-state index in [2.05, 4.69) is 15.5 Å². The predicted molar refractivity (Wildman–Crippen MR) is 76.3 cm³/mol. The number of anilines is 1. The molecule has 1 aromatic heterocycles. The normalized spacial score (nSPS) is 14.4. The highest BCUT2D eigenvalue weighted by molar-refractivity contribution is 7.15. The number of amides is 1. The van der Waals surface area contributed by atoms with Crippen molar-refractivity contribution >= 4 is 45.6 Å². The number of aromatic nitrogens is 2. The Labute approximate surface area is 123 Å². The maximum absolute atomic E-state index is 12.0. The van der Waals surface area contributed by atoms with Crippen LogP contribution in [-0.4, -0.2) is 16.1 Å². The van der Waals surface area contributed by atoms with Crippen LogP contribution in [0.4, 0.5) is 5.13 Å². The zero-order chi connectivity index (χ0) is 13.4. The van der Waals surface area contributed by atoms with Crippen LogP contribution >= 0.6 is 34.5 Å². The fraction of sp³-hybridized carbons (Fsp3) is 0.250. The van der Waals surface area contributed by atoms with Gasteiger partial charge >= 0.3 is 0 Å². The second kappa shape index (κ2) is 5.07. The minimum absolute atomic E-state index is 0.289. The van der Waals surface area contributed by atoms with Crippen LogP contribution in [-0.2, 0) is 0 Å². The average molecular weight is 314 g/mol. The van der Waals surface area contributed by atoms with E-state index in [9.17, 15) is 4.79 Å². The zero-order valence-electron chi connectivity index (χ0n) is 9.69. The lowest BCUT2D eigenvalue weighted by Crippen LogP contribution is -2.11. The van der Waals surface area contributed by atoms with Crippen molar-refractivity contribution in [3.05, 3.63) is 38.8 Å². The van der Waals surface area contributed by atoms with Gasteiger partial charge in [-0.3, -0.25) is 10.1 Å². The molecule has 19 heavy (non-hydrogen) atoms. The van der Waals surface area contributed by atoms with Gasteiger partial charge in [-0.15, -0.1) is 10.2 Å². The Hall–Kier alpha value is -1.17. The highest BCUT2D eigenvalue weighted by Gasteiger charge is 2.27. The van der Waals surface area contributed by atoms with Crippen molar-refractivity contribution in [1.29, 1.82) is 0 Å². The second-order valence-electron chi connectivity index (χ2n) is 4.33. The molecule has 98 valence electrons. The maximum Gasteiger partial charge on any atom is 0.257 e. The fourth-order valence-corrected chi connectivity index (χ4v) is 3.07. The number of benzene rings is 1. The van der Waals surface area contributed by atoms with Crippen molar-refractivity contribution < 1.29 is 4.79 Å². The summed E-state index contributed by atoms with van der Waals surface area (Å²) in [4.78, 5) is 12.0. The van der Waals surface area contributed by atoms with Gasteiger partial charge in [-0.2, -0.15) is 0 Å². The molecule has 1 aliphatic rings. The molecule has 0 spiro atoms. The predicted octanol–water partition coefficient (Wildman–Crippen LogP) is 3.97. The summed E-state index contributed by atoms with van der Waals surface area (Å²) in [6.45, 7) is 0. The third-order valence-electron chi connectivity index (χ3n) is 2.71. The van der Waals surface area contributed by atoms with Crippen LogP contribution in [0.5, 0.6) is 0 Å². The van der Waals surface area contributed by atoms with Crippen LogP contribution in [0.25, 0.3) is 0 Å². The van der Waals surface area contributed by atoms with Crippen molar-refractivity contribution in [2.24, 2.45) is 0 Å². The number of nitrogens with zero attached hydrogens (tertiary/aromatic N) is 2. The molecule has 0 atom stereocenters. The van der Waals surface area contributed by atoms with Gasteiger partial charge in [0.15, 0.2) is 0 Å². The number of carbonyl (C=O) groups excluding carboxylic acids is 1. The maximum atomic E-state index is 12.0. The van der Waals surface area contributed by atoms with Crippen LogP contribution in [0.1, 0.15) is 34.1 Å². The third kappa shape index (κ3) is 3.05. The number of rotatable bonds is 3. The molecular weight excluding hydrogens is 305 g/mol.